The van der Waals surface area contributed by atoms with Crippen LogP contribution in [0.15, 0.2) is 40.2 Å². The summed E-state index contributed by atoms with van der Waals surface area (Å²) in [6.07, 6.45) is 6.97. The van der Waals surface area contributed by atoms with Crippen molar-refractivity contribution >= 4 is 27.6 Å². The molecule has 2 rings (SSSR count). The number of ether oxygens (including phenoxy) is 1. The Morgan fingerprint density at radius 1 is 1.48 bits per heavy atom. The largest absolute Gasteiger partial charge is 0.493 e. The van der Waals surface area contributed by atoms with Crippen LogP contribution in [0.4, 0.5) is 5.82 Å². The Bertz CT molecular complexity index is 812. The second-order valence-corrected chi connectivity index (χ2v) is 8.67. The SMILES string of the molecule is COc1cc(S(=O)(=O)N[C@@H](CO)CCSC)cnc1N(C)Cc1ccoc1. The van der Waals surface area contributed by atoms with Crippen molar-refractivity contribution in [1.82, 2.24) is 9.71 Å². The zero-order valence-corrected chi connectivity index (χ0v) is 17.2. The molecule has 2 aromatic rings. The lowest BCUT2D eigenvalue weighted by Gasteiger charge is -2.21. The molecule has 0 saturated carbocycles. The van der Waals surface area contributed by atoms with E-state index >= 15 is 0 Å². The maximum atomic E-state index is 12.6. The lowest BCUT2D eigenvalue weighted by atomic mass is 10.3. The average molecular weight is 416 g/mol. The van der Waals surface area contributed by atoms with Crippen LogP contribution in [-0.4, -0.2) is 57.3 Å². The van der Waals surface area contributed by atoms with Crippen LogP contribution in [0, 0.1) is 0 Å². The first-order valence-corrected chi connectivity index (χ1v) is 11.2. The second-order valence-electron chi connectivity index (χ2n) is 5.97. The van der Waals surface area contributed by atoms with Crippen molar-refractivity contribution in [2.24, 2.45) is 0 Å². The molecule has 2 N–H and O–H groups in total. The van der Waals surface area contributed by atoms with Crippen LogP contribution in [0.2, 0.25) is 0 Å². The molecule has 0 aliphatic rings. The molecular formula is C17H25N3O5S2. The van der Waals surface area contributed by atoms with Crippen LogP contribution in [-0.2, 0) is 16.6 Å². The zero-order chi connectivity index (χ0) is 19.9. The monoisotopic (exact) mass is 415 g/mol. The number of aromatic nitrogens is 1. The number of aliphatic hydroxyl groups is 1. The van der Waals surface area contributed by atoms with Crippen molar-refractivity contribution in [3.63, 3.8) is 0 Å². The fourth-order valence-electron chi connectivity index (χ4n) is 2.47. The number of methoxy groups -OCH3 is 1. The van der Waals surface area contributed by atoms with E-state index in [0.29, 0.717) is 24.5 Å². The van der Waals surface area contributed by atoms with Crippen LogP contribution in [0.25, 0.3) is 0 Å². The van der Waals surface area contributed by atoms with E-state index in [2.05, 4.69) is 9.71 Å². The molecule has 0 amide bonds. The summed E-state index contributed by atoms with van der Waals surface area (Å²) in [5, 5.41) is 9.41. The van der Waals surface area contributed by atoms with E-state index < -0.39 is 16.1 Å². The molecule has 0 saturated heterocycles. The van der Waals surface area contributed by atoms with Gasteiger partial charge in [0, 0.05) is 37.5 Å². The molecule has 0 spiro atoms. The van der Waals surface area contributed by atoms with Crippen molar-refractivity contribution in [1.29, 1.82) is 0 Å². The normalized spacial score (nSPS) is 12.7. The highest BCUT2D eigenvalue weighted by Crippen LogP contribution is 2.28. The van der Waals surface area contributed by atoms with Gasteiger partial charge in [-0.2, -0.15) is 11.8 Å². The second kappa shape index (κ2) is 9.98. The Labute approximate surface area is 164 Å². The Hall–Kier alpha value is -1.75. The highest BCUT2D eigenvalue weighted by molar-refractivity contribution is 7.98. The van der Waals surface area contributed by atoms with E-state index in [1.807, 2.05) is 24.3 Å². The quantitative estimate of drug-likeness (QED) is 0.572. The van der Waals surface area contributed by atoms with E-state index in [-0.39, 0.29) is 11.5 Å². The van der Waals surface area contributed by atoms with Crippen LogP contribution in [0.3, 0.4) is 0 Å². The molecular weight excluding hydrogens is 390 g/mol. The standard InChI is InChI=1S/C17H25N3O5S2/c1-20(10-13-4-6-25-12-13)17-16(24-2)8-15(9-18-17)27(22,23)19-14(11-21)5-7-26-3/h4,6,8-9,12,14,19,21H,5,7,10-11H2,1-3H3/t14-/m1/s1. The molecule has 0 bridgehead atoms. The van der Waals surface area contributed by atoms with E-state index in [1.165, 1.54) is 19.4 Å². The van der Waals surface area contributed by atoms with Crippen LogP contribution >= 0.6 is 11.8 Å². The summed E-state index contributed by atoms with van der Waals surface area (Å²) in [5.41, 5.74) is 0.958. The Balaban J connectivity index is 2.20. The fraction of sp³-hybridized carbons (Fsp3) is 0.471. The number of pyridine rings is 1. The first kappa shape index (κ1) is 21.5. The molecule has 27 heavy (non-hydrogen) atoms. The van der Waals surface area contributed by atoms with Crippen molar-refractivity contribution in [2.45, 2.75) is 23.9 Å². The van der Waals surface area contributed by atoms with Gasteiger partial charge in [-0.25, -0.2) is 18.1 Å². The molecule has 0 aliphatic carbocycles. The van der Waals surface area contributed by atoms with E-state index in [1.54, 1.807) is 24.3 Å². The molecule has 0 unspecified atom stereocenters. The van der Waals surface area contributed by atoms with Gasteiger partial charge in [-0.3, -0.25) is 0 Å². The van der Waals surface area contributed by atoms with Crippen LogP contribution in [0.1, 0.15) is 12.0 Å². The smallest absolute Gasteiger partial charge is 0.242 e. The predicted molar refractivity (Wildman–Crippen MR) is 106 cm³/mol. The average Bonchev–Trinajstić information content (AvgIpc) is 3.17. The van der Waals surface area contributed by atoms with Gasteiger partial charge in [-0.1, -0.05) is 0 Å². The van der Waals surface area contributed by atoms with Gasteiger partial charge in [0.25, 0.3) is 0 Å². The number of hydrogen-bond donors (Lipinski definition) is 2. The number of rotatable bonds is 11. The number of nitrogens with zero attached hydrogens (tertiary/aromatic N) is 2. The molecule has 2 aromatic heterocycles. The summed E-state index contributed by atoms with van der Waals surface area (Å²) in [4.78, 5) is 6.10. The summed E-state index contributed by atoms with van der Waals surface area (Å²) in [5.74, 6) is 1.60. The third-order valence-electron chi connectivity index (χ3n) is 3.91. The molecule has 1 atom stereocenters. The number of furan rings is 1. The van der Waals surface area contributed by atoms with E-state index in [9.17, 15) is 13.5 Å². The molecule has 0 radical (unpaired) electrons. The van der Waals surface area contributed by atoms with Crippen LogP contribution < -0.4 is 14.4 Å². The molecule has 0 fully saturated rings. The summed E-state index contributed by atoms with van der Waals surface area (Å²) in [7, 11) is -0.531. The Kier molecular flexibility index (Phi) is 7.96. The summed E-state index contributed by atoms with van der Waals surface area (Å²) < 4.78 is 38.2. The third-order valence-corrected chi connectivity index (χ3v) is 6.04. The van der Waals surface area contributed by atoms with Gasteiger partial charge in [-0.15, -0.1) is 0 Å². The summed E-state index contributed by atoms with van der Waals surface area (Å²) in [6.45, 7) is 0.265. The number of thioether (sulfide) groups is 1. The maximum Gasteiger partial charge on any atom is 0.242 e. The molecule has 8 nitrogen and oxygen atoms in total. The fourth-order valence-corrected chi connectivity index (χ4v) is 4.21. The van der Waals surface area contributed by atoms with Crippen LogP contribution in [0.5, 0.6) is 5.75 Å². The van der Waals surface area contributed by atoms with Gasteiger partial charge >= 0.3 is 0 Å². The minimum absolute atomic E-state index is 0.0117. The van der Waals surface area contributed by atoms with Gasteiger partial charge in [0.1, 0.15) is 4.90 Å². The molecule has 150 valence electrons. The molecule has 0 aromatic carbocycles. The lowest BCUT2D eigenvalue weighted by Crippen LogP contribution is -2.38. The Morgan fingerprint density at radius 3 is 2.85 bits per heavy atom. The van der Waals surface area contributed by atoms with E-state index in [0.717, 1.165) is 11.3 Å². The highest BCUT2D eigenvalue weighted by Gasteiger charge is 2.22. The first-order valence-electron chi connectivity index (χ1n) is 8.29. The Morgan fingerprint density at radius 2 is 2.26 bits per heavy atom. The molecule has 10 heteroatoms. The van der Waals surface area contributed by atoms with Gasteiger partial charge in [0.15, 0.2) is 11.6 Å². The van der Waals surface area contributed by atoms with Gasteiger partial charge in [-0.05, 0) is 24.5 Å². The zero-order valence-electron chi connectivity index (χ0n) is 15.6. The number of aliphatic hydroxyl groups excluding tert-OH is 1. The lowest BCUT2D eigenvalue weighted by molar-refractivity contribution is 0.254. The van der Waals surface area contributed by atoms with Gasteiger partial charge < -0.3 is 19.2 Å². The van der Waals surface area contributed by atoms with Crippen molar-refractivity contribution in [2.75, 3.05) is 37.7 Å². The van der Waals surface area contributed by atoms with Crippen molar-refractivity contribution in [3.8, 4) is 5.75 Å². The van der Waals surface area contributed by atoms with E-state index in [4.69, 9.17) is 9.15 Å². The first-order chi connectivity index (χ1) is 12.9. The minimum atomic E-state index is -3.82. The van der Waals surface area contributed by atoms with Gasteiger partial charge in [0.2, 0.25) is 10.0 Å². The topological polar surface area (TPSA) is 105 Å². The maximum absolute atomic E-state index is 12.6. The predicted octanol–water partition coefficient (Wildman–Crippen LogP) is 1.71. The molecule has 2 heterocycles. The highest BCUT2D eigenvalue weighted by atomic mass is 32.2. The minimum Gasteiger partial charge on any atom is -0.493 e. The number of nitrogens with one attached hydrogen (secondary N) is 1. The summed E-state index contributed by atoms with van der Waals surface area (Å²) in [6, 6.07) is 2.73. The summed E-state index contributed by atoms with van der Waals surface area (Å²) >= 11 is 1.59. The van der Waals surface area contributed by atoms with Crippen molar-refractivity contribution in [3.05, 3.63) is 36.4 Å². The van der Waals surface area contributed by atoms with Crippen molar-refractivity contribution < 1.29 is 22.7 Å². The number of sulfonamides is 1. The van der Waals surface area contributed by atoms with Gasteiger partial charge in [0.05, 0.1) is 26.2 Å². The number of hydrogen-bond acceptors (Lipinski definition) is 8. The third kappa shape index (κ3) is 5.86. The number of anilines is 1. The molecule has 0 aliphatic heterocycles.